The lowest BCUT2D eigenvalue weighted by atomic mass is 9.89. The number of hydrogen-bond acceptors (Lipinski definition) is 2. The van der Waals surface area contributed by atoms with Gasteiger partial charge in [-0.1, -0.05) is 13.8 Å². The molecule has 1 unspecified atom stereocenters. The number of hydrogen-bond donors (Lipinski definition) is 1. The largest absolute Gasteiger partial charge is 0.481 e. The standard InChI is InChI=1S/C12H18N2O2/c1-8(2)11(12(15)16)10-6-7-13-14(10)9-4-3-5-9/h6-9,11H,3-5H2,1-2H3,(H,15,16). The van der Waals surface area contributed by atoms with Crippen molar-refractivity contribution in [3.05, 3.63) is 18.0 Å². The van der Waals surface area contributed by atoms with Crippen LogP contribution in [-0.4, -0.2) is 20.9 Å². The average Bonchev–Trinajstić information content (AvgIpc) is 2.49. The lowest BCUT2D eigenvalue weighted by Crippen LogP contribution is -2.26. The van der Waals surface area contributed by atoms with Crippen LogP contribution in [-0.2, 0) is 4.79 Å². The van der Waals surface area contributed by atoms with Gasteiger partial charge in [-0.05, 0) is 31.2 Å². The van der Waals surface area contributed by atoms with E-state index in [1.165, 1.54) is 6.42 Å². The molecule has 1 saturated carbocycles. The van der Waals surface area contributed by atoms with Gasteiger partial charge in [-0.2, -0.15) is 5.10 Å². The molecule has 1 fully saturated rings. The molecule has 0 aliphatic heterocycles. The van der Waals surface area contributed by atoms with E-state index in [-0.39, 0.29) is 5.92 Å². The van der Waals surface area contributed by atoms with Crippen molar-refractivity contribution in [3.8, 4) is 0 Å². The van der Waals surface area contributed by atoms with Crippen LogP contribution in [0.4, 0.5) is 0 Å². The molecule has 4 heteroatoms. The number of carbonyl (C=O) groups is 1. The van der Waals surface area contributed by atoms with E-state index in [0.717, 1.165) is 18.5 Å². The highest BCUT2D eigenvalue weighted by molar-refractivity contribution is 5.75. The fourth-order valence-electron chi connectivity index (χ4n) is 2.26. The Morgan fingerprint density at radius 1 is 1.56 bits per heavy atom. The van der Waals surface area contributed by atoms with Crippen LogP contribution >= 0.6 is 0 Å². The average molecular weight is 222 g/mol. The Morgan fingerprint density at radius 2 is 2.25 bits per heavy atom. The first-order valence-electron chi connectivity index (χ1n) is 5.87. The van der Waals surface area contributed by atoms with Gasteiger partial charge >= 0.3 is 5.97 Å². The van der Waals surface area contributed by atoms with E-state index in [1.807, 2.05) is 24.6 Å². The Hall–Kier alpha value is -1.32. The van der Waals surface area contributed by atoms with E-state index in [2.05, 4.69) is 5.10 Å². The van der Waals surface area contributed by atoms with Crippen molar-refractivity contribution in [2.75, 3.05) is 0 Å². The summed E-state index contributed by atoms with van der Waals surface area (Å²) in [6.07, 6.45) is 5.19. The van der Waals surface area contributed by atoms with E-state index >= 15 is 0 Å². The predicted molar refractivity (Wildman–Crippen MR) is 60.3 cm³/mol. The fraction of sp³-hybridized carbons (Fsp3) is 0.667. The highest BCUT2D eigenvalue weighted by Crippen LogP contribution is 2.35. The van der Waals surface area contributed by atoms with E-state index in [4.69, 9.17) is 0 Å². The van der Waals surface area contributed by atoms with Crippen LogP contribution in [0.5, 0.6) is 0 Å². The van der Waals surface area contributed by atoms with Crippen LogP contribution in [0.15, 0.2) is 12.3 Å². The second kappa shape index (κ2) is 4.28. The van der Waals surface area contributed by atoms with Crippen molar-refractivity contribution in [1.29, 1.82) is 0 Å². The van der Waals surface area contributed by atoms with Gasteiger partial charge in [-0.15, -0.1) is 0 Å². The van der Waals surface area contributed by atoms with Gasteiger partial charge in [0.15, 0.2) is 0 Å². The molecule has 1 heterocycles. The normalized spacial score (nSPS) is 18.4. The van der Waals surface area contributed by atoms with Crippen molar-refractivity contribution >= 4 is 5.97 Å². The zero-order valence-electron chi connectivity index (χ0n) is 9.76. The molecular weight excluding hydrogens is 204 g/mol. The SMILES string of the molecule is CC(C)C(C(=O)O)c1ccnn1C1CCC1. The summed E-state index contributed by atoms with van der Waals surface area (Å²) < 4.78 is 1.92. The van der Waals surface area contributed by atoms with Gasteiger partial charge in [-0.25, -0.2) is 0 Å². The number of carboxylic acids is 1. The topological polar surface area (TPSA) is 55.1 Å². The third-order valence-corrected chi connectivity index (χ3v) is 3.37. The molecular formula is C12H18N2O2. The summed E-state index contributed by atoms with van der Waals surface area (Å²) >= 11 is 0. The minimum absolute atomic E-state index is 0.0908. The Kier molecular flexibility index (Phi) is 2.99. The highest BCUT2D eigenvalue weighted by atomic mass is 16.4. The molecule has 0 amide bonds. The molecule has 1 aromatic rings. The fourth-order valence-corrected chi connectivity index (χ4v) is 2.26. The lowest BCUT2D eigenvalue weighted by molar-refractivity contribution is -0.140. The second-order valence-electron chi connectivity index (χ2n) is 4.85. The maximum Gasteiger partial charge on any atom is 0.312 e. The highest BCUT2D eigenvalue weighted by Gasteiger charge is 2.30. The molecule has 4 nitrogen and oxygen atoms in total. The second-order valence-corrected chi connectivity index (χ2v) is 4.85. The van der Waals surface area contributed by atoms with E-state index in [9.17, 15) is 9.90 Å². The van der Waals surface area contributed by atoms with Gasteiger partial charge in [0.25, 0.3) is 0 Å². The minimum Gasteiger partial charge on any atom is -0.481 e. The zero-order valence-corrected chi connectivity index (χ0v) is 9.76. The Labute approximate surface area is 95.3 Å². The summed E-state index contributed by atoms with van der Waals surface area (Å²) in [5.41, 5.74) is 0.854. The summed E-state index contributed by atoms with van der Waals surface area (Å²) in [4.78, 5) is 11.3. The molecule has 0 saturated heterocycles. The molecule has 1 atom stereocenters. The quantitative estimate of drug-likeness (QED) is 0.851. The maximum atomic E-state index is 11.3. The van der Waals surface area contributed by atoms with Gasteiger partial charge in [0.05, 0.1) is 11.7 Å². The summed E-state index contributed by atoms with van der Waals surface area (Å²) in [7, 11) is 0. The number of aliphatic carboxylic acids is 1. The third-order valence-electron chi connectivity index (χ3n) is 3.37. The van der Waals surface area contributed by atoms with Gasteiger partial charge in [0, 0.05) is 6.20 Å². The molecule has 1 aliphatic rings. The molecule has 1 aliphatic carbocycles. The smallest absolute Gasteiger partial charge is 0.312 e. The lowest BCUT2D eigenvalue weighted by Gasteiger charge is -2.29. The Morgan fingerprint density at radius 3 is 2.69 bits per heavy atom. The molecule has 1 N–H and O–H groups in total. The summed E-state index contributed by atoms with van der Waals surface area (Å²) in [6, 6.07) is 2.27. The van der Waals surface area contributed by atoms with Crippen molar-refractivity contribution in [2.24, 2.45) is 5.92 Å². The van der Waals surface area contributed by atoms with Crippen LogP contribution in [0, 0.1) is 5.92 Å². The predicted octanol–water partition coefficient (Wildman–Crippen LogP) is 2.43. The first-order chi connectivity index (χ1) is 7.61. The van der Waals surface area contributed by atoms with Crippen molar-refractivity contribution in [2.45, 2.75) is 45.1 Å². The molecule has 0 bridgehead atoms. The summed E-state index contributed by atoms with van der Waals surface area (Å²) in [6.45, 7) is 3.88. The monoisotopic (exact) mass is 222 g/mol. The molecule has 16 heavy (non-hydrogen) atoms. The first kappa shape index (κ1) is 11.2. The number of aromatic nitrogens is 2. The molecule has 2 rings (SSSR count). The molecule has 0 aromatic carbocycles. The Bertz CT molecular complexity index is 380. The Balaban J connectivity index is 2.30. The van der Waals surface area contributed by atoms with Crippen molar-refractivity contribution in [1.82, 2.24) is 9.78 Å². The first-order valence-corrected chi connectivity index (χ1v) is 5.87. The third kappa shape index (κ3) is 1.84. The van der Waals surface area contributed by atoms with E-state index < -0.39 is 11.9 Å². The van der Waals surface area contributed by atoms with Crippen molar-refractivity contribution in [3.63, 3.8) is 0 Å². The number of nitrogens with zero attached hydrogens (tertiary/aromatic N) is 2. The summed E-state index contributed by atoms with van der Waals surface area (Å²) in [5, 5.41) is 13.5. The van der Waals surface area contributed by atoms with Crippen LogP contribution in [0.3, 0.4) is 0 Å². The summed E-state index contributed by atoms with van der Waals surface area (Å²) in [5.74, 6) is -1.10. The molecule has 88 valence electrons. The van der Waals surface area contributed by atoms with Crippen LogP contribution in [0.1, 0.15) is 50.8 Å². The van der Waals surface area contributed by atoms with Gasteiger partial charge in [0.1, 0.15) is 5.92 Å². The van der Waals surface area contributed by atoms with Crippen LogP contribution in [0.2, 0.25) is 0 Å². The maximum absolute atomic E-state index is 11.3. The van der Waals surface area contributed by atoms with Gasteiger partial charge < -0.3 is 5.11 Å². The number of carboxylic acid groups (broad SMARTS) is 1. The zero-order chi connectivity index (χ0) is 11.7. The van der Waals surface area contributed by atoms with E-state index in [0.29, 0.717) is 6.04 Å². The number of rotatable bonds is 4. The van der Waals surface area contributed by atoms with Crippen LogP contribution in [0.25, 0.3) is 0 Å². The van der Waals surface area contributed by atoms with Crippen LogP contribution < -0.4 is 0 Å². The van der Waals surface area contributed by atoms with Gasteiger partial charge in [-0.3, -0.25) is 9.48 Å². The van der Waals surface area contributed by atoms with E-state index in [1.54, 1.807) is 6.20 Å². The molecule has 0 radical (unpaired) electrons. The molecule has 0 spiro atoms. The molecule has 1 aromatic heterocycles. The van der Waals surface area contributed by atoms with Gasteiger partial charge in [0.2, 0.25) is 0 Å². The minimum atomic E-state index is -0.754. The van der Waals surface area contributed by atoms with Crippen molar-refractivity contribution < 1.29 is 9.90 Å².